The molecular formula is C11H21N5O2. The van der Waals surface area contributed by atoms with Crippen LogP contribution in [0.5, 0.6) is 0 Å². The van der Waals surface area contributed by atoms with Gasteiger partial charge in [0.05, 0.1) is 12.2 Å². The largest absolute Gasteiger partial charge is 0.444 e. The summed E-state index contributed by atoms with van der Waals surface area (Å²) >= 11 is 0. The van der Waals surface area contributed by atoms with Crippen molar-refractivity contribution in [1.29, 1.82) is 0 Å². The maximum atomic E-state index is 11.4. The fourth-order valence-electron chi connectivity index (χ4n) is 1.30. The summed E-state index contributed by atoms with van der Waals surface area (Å²) < 4.78 is 6.78. The number of carbonyl (C=O) groups excluding carboxylic acids is 1. The molecule has 102 valence electrons. The fourth-order valence-corrected chi connectivity index (χ4v) is 1.30. The van der Waals surface area contributed by atoms with Gasteiger partial charge in [-0.2, -0.15) is 0 Å². The van der Waals surface area contributed by atoms with Gasteiger partial charge in [0.25, 0.3) is 0 Å². The highest BCUT2D eigenvalue weighted by molar-refractivity contribution is 5.67. The van der Waals surface area contributed by atoms with E-state index < -0.39 is 11.7 Å². The lowest BCUT2D eigenvalue weighted by Crippen LogP contribution is -2.34. The maximum Gasteiger partial charge on any atom is 0.407 e. The molecule has 0 radical (unpaired) electrons. The smallest absolute Gasteiger partial charge is 0.407 e. The number of nitrogens with one attached hydrogen (secondary N) is 1. The highest BCUT2D eigenvalue weighted by atomic mass is 16.6. The molecule has 1 heterocycles. The molecule has 0 atom stereocenters. The van der Waals surface area contributed by atoms with Crippen LogP contribution in [0.4, 0.5) is 4.79 Å². The number of rotatable bonds is 5. The van der Waals surface area contributed by atoms with Gasteiger partial charge in [-0.1, -0.05) is 5.21 Å². The fraction of sp³-hybridized carbons (Fsp3) is 0.727. The molecule has 0 bridgehead atoms. The molecule has 0 aliphatic carbocycles. The second kappa shape index (κ2) is 6.34. The lowest BCUT2D eigenvalue weighted by atomic mass is 10.2. The third kappa shape index (κ3) is 5.62. The topological polar surface area (TPSA) is 95.1 Å². The number of aromatic nitrogens is 3. The first-order valence-electron chi connectivity index (χ1n) is 5.96. The van der Waals surface area contributed by atoms with Crippen molar-refractivity contribution in [2.75, 3.05) is 13.1 Å². The molecule has 0 unspecified atom stereocenters. The summed E-state index contributed by atoms with van der Waals surface area (Å²) in [6, 6.07) is 0. The van der Waals surface area contributed by atoms with Crippen LogP contribution in [0.25, 0.3) is 0 Å². The van der Waals surface area contributed by atoms with E-state index in [-0.39, 0.29) is 0 Å². The van der Waals surface area contributed by atoms with Gasteiger partial charge >= 0.3 is 6.09 Å². The molecule has 3 N–H and O–H groups in total. The Labute approximate surface area is 107 Å². The van der Waals surface area contributed by atoms with Gasteiger partial charge in [0.1, 0.15) is 5.60 Å². The number of hydrogen-bond donors (Lipinski definition) is 2. The number of amides is 1. The zero-order valence-electron chi connectivity index (χ0n) is 11.1. The standard InChI is InChI=1S/C11H21N5O2/c1-11(2,3)18-10(17)13-6-7-16-8-9(4-5-12)14-15-16/h8H,4-7,12H2,1-3H3,(H,13,17). The van der Waals surface area contributed by atoms with Crippen LogP contribution in [0.15, 0.2) is 6.20 Å². The monoisotopic (exact) mass is 255 g/mol. The summed E-state index contributed by atoms with van der Waals surface area (Å²) in [6.45, 7) is 7.02. The Morgan fingerprint density at radius 3 is 2.89 bits per heavy atom. The number of nitrogens with zero attached hydrogens (tertiary/aromatic N) is 3. The predicted molar refractivity (Wildman–Crippen MR) is 67.0 cm³/mol. The van der Waals surface area contributed by atoms with Crippen molar-refractivity contribution < 1.29 is 9.53 Å². The van der Waals surface area contributed by atoms with Gasteiger partial charge in [0.15, 0.2) is 0 Å². The maximum absolute atomic E-state index is 11.4. The second-order valence-electron chi connectivity index (χ2n) is 4.94. The molecule has 0 fully saturated rings. The highest BCUT2D eigenvalue weighted by Crippen LogP contribution is 2.06. The Hall–Kier alpha value is -1.63. The van der Waals surface area contributed by atoms with E-state index >= 15 is 0 Å². The van der Waals surface area contributed by atoms with E-state index in [9.17, 15) is 4.79 Å². The van der Waals surface area contributed by atoms with Gasteiger partial charge in [-0.05, 0) is 27.3 Å². The molecule has 0 aromatic carbocycles. The Morgan fingerprint density at radius 1 is 1.56 bits per heavy atom. The molecular weight excluding hydrogens is 234 g/mol. The first-order valence-corrected chi connectivity index (χ1v) is 5.96. The number of carbonyl (C=O) groups is 1. The number of hydrogen-bond acceptors (Lipinski definition) is 5. The molecule has 0 saturated carbocycles. The number of ether oxygens (including phenoxy) is 1. The zero-order chi connectivity index (χ0) is 13.6. The molecule has 1 amide bonds. The van der Waals surface area contributed by atoms with Crippen LogP contribution >= 0.6 is 0 Å². The van der Waals surface area contributed by atoms with Crippen molar-refractivity contribution in [3.05, 3.63) is 11.9 Å². The van der Waals surface area contributed by atoms with E-state index in [4.69, 9.17) is 10.5 Å². The van der Waals surface area contributed by atoms with Gasteiger partial charge in [0, 0.05) is 19.2 Å². The summed E-state index contributed by atoms with van der Waals surface area (Å²) in [6.07, 6.45) is 2.10. The van der Waals surface area contributed by atoms with Crippen LogP contribution in [0, 0.1) is 0 Å². The predicted octanol–water partition coefficient (Wildman–Crippen LogP) is 0.304. The van der Waals surface area contributed by atoms with E-state index in [1.165, 1.54) is 0 Å². The summed E-state index contributed by atoms with van der Waals surface area (Å²) in [7, 11) is 0. The second-order valence-corrected chi connectivity index (χ2v) is 4.94. The van der Waals surface area contributed by atoms with Crippen LogP contribution in [-0.4, -0.2) is 39.8 Å². The van der Waals surface area contributed by atoms with E-state index in [1.807, 2.05) is 27.0 Å². The van der Waals surface area contributed by atoms with Crippen molar-refractivity contribution >= 4 is 6.09 Å². The lowest BCUT2D eigenvalue weighted by molar-refractivity contribution is 0.0525. The molecule has 7 nitrogen and oxygen atoms in total. The summed E-state index contributed by atoms with van der Waals surface area (Å²) in [4.78, 5) is 11.4. The van der Waals surface area contributed by atoms with Crippen LogP contribution in [0.2, 0.25) is 0 Å². The molecule has 1 aromatic heterocycles. The molecule has 7 heteroatoms. The molecule has 0 aliphatic heterocycles. The average molecular weight is 255 g/mol. The Kier molecular flexibility index (Phi) is 5.08. The summed E-state index contributed by atoms with van der Waals surface area (Å²) in [5.74, 6) is 0. The summed E-state index contributed by atoms with van der Waals surface area (Å²) in [5, 5.41) is 10.5. The number of alkyl carbamates (subject to hydrolysis) is 1. The molecule has 1 aromatic rings. The van der Waals surface area contributed by atoms with Crippen LogP contribution in [-0.2, 0) is 17.7 Å². The third-order valence-corrected chi connectivity index (χ3v) is 2.00. The lowest BCUT2D eigenvalue weighted by Gasteiger charge is -2.19. The van der Waals surface area contributed by atoms with Gasteiger partial charge < -0.3 is 15.8 Å². The van der Waals surface area contributed by atoms with Crippen molar-refractivity contribution in [1.82, 2.24) is 20.3 Å². The third-order valence-electron chi connectivity index (χ3n) is 2.00. The molecule has 0 aliphatic rings. The molecule has 0 saturated heterocycles. The Bertz CT molecular complexity index is 383. The van der Waals surface area contributed by atoms with Crippen LogP contribution in [0.1, 0.15) is 26.5 Å². The minimum atomic E-state index is -0.481. The van der Waals surface area contributed by atoms with Gasteiger partial charge in [-0.25, -0.2) is 4.79 Å². The van der Waals surface area contributed by atoms with Gasteiger partial charge in [-0.3, -0.25) is 4.68 Å². The first-order chi connectivity index (χ1) is 8.40. The van der Waals surface area contributed by atoms with Crippen molar-refractivity contribution in [2.45, 2.75) is 39.3 Å². The Morgan fingerprint density at radius 2 is 2.28 bits per heavy atom. The SMILES string of the molecule is CC(C)(C)OC(=O)NCCn1cc(CCN)nn1. The first kappa shape index (κ1) is 14.4. The zero-order valence-corrected chi connectivity index (χ0v) is 11.1. The highest BCUT2D eigenvalue weighted by Gasteiger charge is 2.15. The van der Waals surface area contributed by atoms with Gasteiger partial charge in [0.2, 0.25) is 0 Å². The average Bonchev–Trinajstić information content (AvgIpc) is 2.63. The van der Waals surface area contributed by atoms with Crippen LogP contribution in [0.3, 0.4) is 0 Å². The van der Waals surface area contributed by atoms with Crippen molar-refractivity contribution in [2.24, 2.45) is 5.73 Å². The van der Waals surface area contributed by atoms with Gasteiger partial charge in [-0.15, -0.1) is 5.10 Å². The minimum absolute atomic E-state index is 0.426. The van der Waals surface area contributed by atoms with Crippen molar-refractivity contribution in [3.8, 4) is 0 Å². The van der Waals surface area contributed by atoms with Crippen molar-refractivity contribution in [3.63, 3.8) is 0 Å². The van der Waals surface area contributed by atoms with E-state index in [2.05, 4.69) is 15.6 Å². The Balaban J connectivity index is 2.26. The molecule has 18 heavy (non-hydrogen) atoms. The van der Waals surface area contributed by atoms with E-state index in [0.29, 0.717) is 26.1 Å². The normalized spacial score (nSPS) is 11.3. The summed E-state index contributed by atoms with van der Waals surface area (Å²) in [5.41, 5.74) is 5.79. The molecule has 1 rings (SSSR count). The molecule has 0 spiro atoms. The number of nitrogens with two attached hydrogens (primary N) is 1. The van der Waals surface area contributed by atoms with Crippen LogP contribution < -0.4 is 11.1 Å². The van der Waals surface area contributed by atoms with E-state index in [0.717, 1.165) is 5.69 Å². The minimum Gasteiger partial charge on any atom is -0.444 e. The van der Waals surface area contributed by atoms with E-state index in [1.54, 1.807) is 4.68 Å². The quantitative estimate of drug-likeness (QED) is 0.789.